The number of methoxy groups -OCH3 is 1. The van der Waals surface area contributed by atoms with Crippen LogP contribution in [0.5, 0.6) is 11.5 Å². The highest BCUT2D eigenvalue weighted by atomic mass is 32.2. The lowest BCUT2D eigenvalue weighted by Gasteiger charge is -2.29. The van der Waals surface area contributed by atoms with Crippen molar-refractivity contribution >= 4 is 61.8 Å². The van der Waals surface area contributed by atoms with Gasteiger partial charge in [0.15, 0.2) is 5.11 Å². The van der Waals surface area contributed by atoms with Crippen molar-refractivity contribution in [2.75, 3.05) is 12.0 Å². The van der Waals surface area contributed by atoms with Crippen LogP contribution >= 0.6 is 12.2 Å². The van der Waals surface area contributed by atoms with Crippen LogP contribution < -0.4 is 19.1 Å². The number of fused-ring (bicyclic) bond motifs is 1. The van der Waals surface area contributed by atoms with E-state index in [-0.39, 0.29) is 21.3 Å². The van der Waals surface area contributed by atoms with Gasteiger partial charge in [-0.05, 0) is 83.2 Å². The first-order chi connectivity index (χ1) is 18.2. The Hall–Kier alpha value is -4.54. The average molecular weight is 545 g/mol. The smallest absolute Gasteiger partial charge is 0.339 e. The lowest BCUT2D eigenvalue weighted by molar-refractivity contribution is -0.122. The molecule has 4 aromatic carbocycles. The summed E-state index contributed by atoms with van der Waals surface area (Å²) in [4.78, 5) is 27.1. The van der Waals surface area contributed by atoms with E-state index in [0.717, 1.165) is 10.8 Å². The van der Waals surface area contributed by atoms with E-state index in [1.807, 2.05) is 24.3 Å². The molecule has 0 atom stereocenters. The molecule has 2 amide bonds. The van der Waals surface area contributed by atoms with Gasteiger partial charge in [0.25, 0.3) is 11.8 Å². The molecule has 0 saturated carbocycles. The highest BCUT2D eigenvalue weighted by molar-refractivity contribution is 7.87. The first-order valence-electron chi connectivity index (χ1n) is 11.3. The quantitative estimate of drug-likeness (QED) is 0.166. The van der Waals surface area contributed by atoms with Crippen molar-refractivity contribution in [2.24, 2.45) is 0 Å². The van der Waals surface area contributed by atoms with Crippen LogP contribution in [0.1, 0.15) is 5.56 Å². The molecular weight excluding hydrogens is 524 g/mol. The number of rotatable bonds is 6. The summed E-state index contributed by atoms with van der Waals surface area (Å²) < 4.78 is 36.4. The maximum absolute atomic E-state index is 13.3. The van der Waals surface area contributed by atoms with E-state index in [4.69, 9.17) is 21.1 Å². The summed E-state index contributed by atoms with van der Waals surface area (Å²) in [5.74, 6) is -0.669. The van der Waals surface area contributed by atoms with Crippen LogP contribution in [0.2, 0.25) is 0 Å². The van der Waals surface area contributed by atoms with Crippen molar-refractivity contribution < 1.29 is 26.9 Å². The summed E-state index contributed by atoms with van der Waals surface area (Å²) >= 11 is 5.23. The van der Waals surface area contributed by atoms with E-state index >= 15 is 0 Å². The standard InChI is InChI=1S/C28H20N2O6S2/c1-35-22-12-10-21(11-13-22)30-27(32)25(26(31)29-28(30)37)16-18-5-4-8-23(15-18)36-38(33,34)24-14-9-19-6-2-3-7-20(19)17-24/h2-17H,1H3,(H,29,31,37)/b25-16-. The molecule has 0 bridgehead atoms. The second-order valence-electron chi connectivity index (χ2n) is 8.27. The lowest BCUT2D eigenvalue weighted by Crippen LogP contribution is -2.54. The first-order valence-corrected chi connectivity index (χ1v) is 13.2. The fraction of sp³-hybridized carbons (Fsp3) is 0.0357. The van der Waals surface area contributed by atoms with E-state index in [1.54, 1.807) is 42.5 Å². The molecule has 4 aromatic rings. The van der Waals surface area contributed by atoms with Crippen LogP contribution in [0.15, 0.2) is 101 Å². The number of ether oxygens (including phenoxy) is 1. The molecule has 0 spiro atoms. The molecule has 1 heterocycles. The van der Waals surface area contributed by atoms with Crippen molar-refractivity contribution in [3.05, 3.63) is 102 Å². The number of hydrogen-bond acceptors (Lipinski definition) is 7. The number of anilines is 1. The van der Waals surface area contributed by atoms with E-state index in [2.05, 4.69) is 5.32 Å². The molecule has 0 aromatic heterocycles. The average Bonchev–Trinajstić information content (AvgIpc) is 2.91. The van der Waals surface area contributed by atoms with E-state index in [9.17, 15) is 18.0 Å². The Balaban J connectivity index is 1.42. The molecule has 38 heavy (non-hydrogen) atoms. The Morgan fingerprint density at radius 3 is 2.32 bits per heavy atom. The summed E-state index contributed by atoms with van der Waals surface area (Å²) in [6, 6.07) is 24.8. The van der Waals surface area contributed by atoms with Gasteiger partial charge in [-0.25, -0.2) is 0 Å². The summed E-state index contributed by atoms with van der Waals surface area (Å²) in [7, 11) is -2.61. The van der Waals surface area contributed by atoms with E-state index < -0.39 is 21.9 Å². The third kappa shape index (κ3) is 4.99. The first kappa shape index (κ1) is 25.1. The predicted molar refractivity (Wildman–Crippen MR) is 147 cm³/mol. The Bertz CT molecular complexity index is 1730. The van der Waals surface area contributed by atoms with Gasteiger partial charge < -0.3 is 8.92 Å². The molecule has 1 fully saturated rings. The van der Waals surface area contributed by atoms with Crippen LogP contribution in [0.25, 0.3) is 16.8 Å². The van der Waals surface area contributed by atoms with Gasteiger partial charge in [-0.1, -0.05) is 42.5 Å². The van der Waals surface area contributed by atoms with Gasteiger partial charge in [0.2, 0.25) is 0 Å². The molecule has 190 valence electrons. The van der Waals surface area contributed by atoms with Gasteiger partial charge >= 0.3 is 10.1 Å². The second kappa shape index (κ2) is 10.1. The van der Waals surface area contributed by atoms with Crippen molar-refractivity contribution in [1.82, 2.24) is 5.32 Å². The number of nitrogens with one attached hydrogen (secondary N) is 1. The Morgan fingerprint density at radius 2 is 1.58 bits per heavy atom. The number of carbonyl (C=O) groups excluding carboxylic acids is 2. The fourth-order valence-electron chi connectivity index (χ4n) is 3.94. The van der Waals surface area contributed by atoms with Crippen molar-refractivity contribution in [3.63, 3.8) is 0 Å². The zero-order chi connectivity index (χ0) is 26.9. The van der Waals surface area contributed by atoms with Gasteiger partial charge in [0.05, 0.1) is 12.8 Å². The fourth-order valence-corrected chi connectivity index (χ4v) is 5.18. The molecule has 5 rings (SSSR count). The van der Waals surface area contributed by atoms with Crippen LogP contribution in [0.3, 0.4) is 0 Å². The van der Waals surface area contributed by atoms with Crippen LogP contribution in [0, 0.1) is 0 Å². The van der Waals surface area contributed by atoms with Crippen LogP contribution in [0.4, 0.5) is 5.69 Å². The summed E-state index contributed by atoms with van der Waals surface area (Å²) in [5, 5.41) is 4.12. The zero-order valence-electron chi connectivity index (χ0n) is 20.0. The maximum Gasteiger partial charge on any atom is 0.339 e. The molecule has 8 nitrogen and oxygen atoms in total. The molecule has 0 radical (unpaired) electrons. The Kier molecular flexibility index (Phi) is 6.66. The van der Waals surface area contributed by atoms with Gasteiger partial charge in [-0.3, -0.25) is 19.8 Å². The van der Waals surface area contributed by atoms with Gasteiger partial charge in [0.1, 0.15) is 22.0 Å². The normalized spacial score (nSPS) is 15.0. The Morgan fingerprint density at radius 1 is 0.842 bits per heavy atom. The van der Waals surface area contributed by atoms with Crippen LogP contribution in [-0.4, -0.2) is 32.5 Å². The van der Waals surface area contributed by atoms with Crippen molar-refractivity contribution in [3.8, 4) is 11.5 Å². The number of benzene rings is 4. The third-order valence-corrected chi connectivity index (χ3v) is 7.34. The van der Waals surface area contributed by atoms with Crippen LogP contribution in [-0.2, 0) is 19.7 Å². The number of nitrogens with zero attached hydrogens (tertiary/aromatic N) is 1. The molecule has 1 aliphatic rings. The highest BCUT2D eigenvalue weighted by Gasteiger charge is 2.34. The monoisotopic (exact) mass is 544 g/mol. The SMILES string of the molecule is COc1ccc(N2C(=O)/C(=C\c3cccc(OS(=O)(=O)c4ccc5ccccc5c4)c3)C(=O)NC2=S)cc1. The minimum Gasteiger partial charge on any atom is -0.497 e. The van der Waals surface area contributed by atoms with Gasteiger partial charge in [-0.2, -0.15) is 8.42 Å². The molecule has 0 aliphatic carbocycles. The van der Waals surface area contributed by atoms with Crippen molar-refractivity contribution in [1.29, 1.82) is 0 Å². The van der Waals surface area contributed by atoms with Crippen molar-refractivity contribution in [2.45, 2.75) is 4.90 Å². The minimum atomic E-state index is -4.14. The minimum absolute atomic E-state index is 0.00504. The summed E-state index contributed by atoms with van der Waals surface area (Å²) in [6.07, 6.45) is 1.35. The molecule has 1 aliphatic heterocycles. The number of carbonyl (C=O) groups is 2. The maximum atomic E-state index is 13.3. The molecule has 1 saturated heterocycles. The molecular formula is C28H20N2O6S2. The van der Waals surface area contributed by atoms with E-state index in [0.29, 0.717) is 17.0 Å². The summed E-state index contributed by atoms with van der Waals surface area (Å²) in [5.41, 5.74) is 0.659. The third-order valence-electron chi connectivity index (χ3n) is 5.82. The largest absolute Gasteiger partial charge is 0.497 e. The van der Waals surface area contributed by atoms with E-state index in [1.165, 1.54) is 42.4 Å². The molecule has 0 unspecified atom stereocenters. The molecule has 10 heteroatoms. The topological polar surface area (TPSA) is 102 Å². The highest BCUT2D eigenvalue weighted by Crippen LogP contribution is 2.27. The Labute approximate surface area is 224 Å². The predicted octanol–water partition coefficient (Wildman–Crippen LogP) is 4.45. The zero-order valence-corrected chi connectivity index (χ0v) is 21.6. The lowest BCUT2D eigenvalue weighted by atomic mass is 10.1. The summed E-state index contributed by atoms with van der Waals surface area (Å²) in [6.45, 7) is 0. The number of amides is 2. The molecule has 1 N–H and O–H groups in total. The second-order valence-corrected chi connectivity index (χ2v) is 10.2. The number of hydrogen-bond donors (Lipinski definition) is 1. The van der Waals surface area contributed by atoms with Gasteiger partial charge in [-0.15, -0.1) is 0 Å². The number of thiocarbonyl (C=S) groups is 1. The van der Waals surface area contributed by atoms with Gasteiger partial charge in [0, 0.05) is 0 Å².